The molecule has 0 aliphatic heterocycles. The maximum atomic E-state index is 12.6. The van der Waals surface area contributed by atoms with Crippen molar-refractivity contribution in [2.45, 2.75) is 63.4 Å². The van der Waals surface area contributed by atoms with E-state index in [1.54, 1.807) is 12.1 Å². The second-order valence-corrected chi connectivity index (χ2v) is 8.83. The lowest BCUT2D eigenvalue weighted by Crippen LogP contribution is -2.42. The van der Waals surface area contributed by atoms with Crippen molar-refractivity contribution in [2.75, 3.05) is 6.61 Å². The molecule has 7 heteroatoms. The lowest BCUT2D eigenvalue weighted by Gasteiger charge is -2.29. The third-order valence-corrected chi connectivity index (χ3v) is 6.24. The number of amides is 1. The van der Waals surface area contributed by atoms with Crippen LogP contribution in [0.15, 0.2) is 35.5 Å². The predicted octanol–water partition coefficient (Wildman–Crippen LogP) is 4.24. The van der Waals surface area contributed by atoms with Crippen LogP contribution in [0.25, 0.3) is 0 Å². The van der Waals surface area contributed by atoms with Gasteiger partial charge in [-0.15, -0.1) is 0 Å². The second kappa shape index (κ2) is 10.6. The Hall–Kier alpha value is -2.41. The molecule has 30 heavy (non-hydrogen) atoms. The van der Waals surface area contributed by atoms with E-state index in [0.717, 1.165) is 36.2 Å². The number of carbonyl (C=O) groups is 2. The predicted molar refractivity (Wildman–Crippen MR) is 117 cm³/mol. The summed E-state index contributed by atoms with van der Waals surface area (Å²) >= 11 is 1.47. The highest BCUT2D eigenvalue weighted by molar-refractivity contribution is 7.98. The molecule has 6 nitrogen and oxygen atoms in total. The highest BCUT2D eigenvalue weighted by Gasteiger charge is 2.23. The molecule has 1 saturated carbocycles. The largest absolute Gasteiger partial charge is 0.452 e. The van der Waals surface area contributed by atoms with Crippen molar-refractivity contribution in [3.63, 3.8) is 0 Å². The highest BCUT2D eigenvalue weighted by Crippen LogP contribution is 2.24. The minimum absolute atomic E-state index is 0.173. The normalized spacial score (nSPS) is 18.6. The van der Waals surface area contributed by atoms with Gasteiger partial charge in [0.25, 0.3) is 5.91 Å². The van der Waals surface area contributed by atoms with Crippen LogP contribution in [0.1, 0.15) is 59.9 Å². The summed E-state index contributed by atoms with van der Waals surface area (Å²) in [5.74, 6) is 0.278. The number of carbonyl (C=O) groups excluding carboxylic acids is 2. The molecule has 1 aliphatic rings. The van der Waals surface area contributed by atoms with E-state index in [2.05, 4.69) is 22.2 Å². The van der Waals surface area contributed by atoms with E-state index < -0.39 is 5.97 Å². The number of ether oxygens (including phenoxy) is 1. The molecule has 2 aromatic rings. The number of thioether (sulfide) groups is 1. The van der Waals surface area contributed by atoms with Crippen LogP contribution in [0.3, 0.4) is 0 Å². The van der Waals surface area contributed by atoms with Gasteiger partial charge in [0.2, 0.25) is 0 Å². The van der Waals surface area contributed by atoms with E-state index in [1.165, 1.54) is 18.2 Å². The minimum atomic E-state index is -0.487. The molecule has 0 saturated heterocycles. The molecule has 1 aromatic carbocycles. The van der Waals surface area contributed by atoms with Crippen LogP contribution in [-0.2, 0) is 15.3 Å². The molecular weight excluding hydrogens is 398 g/mol. The summed E-state index contributed by atoms with van der Waals surface area (Å²) in [6, 6.07) is 9.38. The number of nitrogens with zero attached hydrogens (tertiary/aromatic N) is 2. The Morgan fingerprint density at radius 1 is 1.13 bits per heavy atom. The van der Waals surface area contributed by atoms with E-state index >= 15 is 0 Å². The van der Waals surface area contributed by atoms with E-state index in [-0.39, 0.29) is 18.6 Å². The third kappa shape index (κ3) is 6.29. The van der Waals surface area contributed by atoms with E-state index in [0.29, 0.717) is 22.4 Å². The fraction of sp³-hybridized carbons (Fsp3) is 0.478. The first-order chi connectivity index (χ1) is 14.4. The van der Waals surface area contributed by atoms with Crippen molar-refractivity contribution in [2.24, 2.45) is 5.92 Å². The molecule has 3 rings (SSSR count). The monoisotopic (exact) mass is 427 g/mol. The van der Waals surface area contributed by atoms with Gasteiger partial charge in [0.05, 0.1) is 5.56 Å². The van der Waals surface area contributed by atoms with Gasteiger partial charge >= 0.3 is 5.97 Å². The van der Waals surface area contributed by atoms with Crippen molar-refractivity contribution < 1.29 is 14.3 Å². The van der Waals surface area contributed by atoms with Crippen LogP contribution in [0.2, 0.25) is 0 Å². The van der Waals surface area contributed by atoms with Crippen LogP contribution in [-0.4, -0.2) is 34.5 Å². The zero-order valence-corrected chi connectivity index (χ0v) is 18.6. The van der Waals surface area contributed by atoms with Crippen LogP contribution >= 0.6 is 11.8 Å². The third-order valence-electron chi connectivity index (χ3n) is 5.35. The molecule has 0 radical (unpaired) electrons. The number of benzene rings is 1. The topological polar surface area (TPSA) is 81.2 Å². The Labute approximate surface area is 182 Å². The summed E-state index contributed by atoms with van der Waals surface area (Å²) in [6.45, 7) is 5.76. The van der Waals surface area contributed by atoms with Crippen LogP contribution in [0, 0.1) is 19.8 Å². The molecule has 0 bridgehead atoms. The average molecular weight is 428 g/mol. The first kappa shape index (κ1) is 22.3. The van der Waals surface area contributed by atoms with E-state index in [9.17, 15) is 9.59 Å². The van der Waals surface area contributed by atoms with Gasteiger partial charge in [-0.05, 0) is 50.3 Å². The molecule has 1 aliphatic carbocycles. The fourth-order valence-electron chi connectivity index (χ4n) is 3.73. The zero-order valence-electron chi connectivity index (χ0n) is 17.8. The Morgan fingerprint density at radius 2 is 1.83 bits per heavy atom. The molecule has 1 fully saturated rings. The molecule has 1 aromatic heterocycles. The van der Waals surface area contributed by atoms with Crippen molar-refractivity contribution in [3.8, 4) is 0 Å². The quantitative estimate of drug-likeness (QED) is 0.404. The van der Waals surface area contributed by atoms with Gasteiger partial charge in [0.1, 0.15) is 0 Å². The molecule has 1 heterocycles. The summed E-state index contributed by atoms with van der Waals surface area (Å²) in [6.07, 6.45) is 4.45. The average Bonchev–Trinajstić information content (AvgIpc) is 2.72. The lowest BCUT2D eigenvalue weighted by atomic mass is 9.86. The number of rotatable bonds is 7. The Bertz CT molecular complexity index is 883. The summed E-state index contributed by atoms with van der Waals surface area (Å²) in [5, 5.41) is 3.69. The molecule has 1 amide bonds. The fourth-order valence-corrected chi connectivity index (χ4v) is 4.69. The molecular formula is C23H29N3O3S. The SMILES string of the molecule is Cc1cc(C)nc(SCc2ccccc2C(=O)OCC(=O)N[C@@H]2CCCC[C@H]2C)n1. The Kier molecular flexibility index (Phi) is 7.85. The van der Waals surface area contributed by atoms with Gasteiger partial charge in [-0.1, -0.05) is 49.7 Å². The maximum absolute atomic E-state index is 12.6. The van der Waals surface area contributed by atoms with E-state index in [4.69, 9.17) is 4.74 Å². The van der Waals surface area contributed by atoms with Gasteiger partial charge in [0.15, 0.2) is 11.8 Å². The summed E-state index contributed by atoms with van der Waals surface area (Å²) in [5.41, 5.74) is 3.12. The standard InChI is InChI=1S/C23H29N3O3S/c1-15-8-4-7-11-20(15)26-21(27)13-29-22(28)19-10-6-5-9-18(19)14-30-23-24-16(2)12-17(3)25-23/h5-6,9-10,12,15,20H,4,7-8,11,13-14H2,1-3H3,(H,26,27)/t15-,20-/m1/s1. The number of nitrogens with one attached hydrogen (secondary N) is 1. The van der Waals surface area contributed by atoms with Gasteiger partial charge in [-0.3, -0.25) is 4.79 Å². The summed E-state index contributed by atoms with van der Waals surface area (Å²) in [4.78, 5) is 33.7. The Morgan fingerprint density at radius 3 is 2.57 bits per heavy atom. The highest BCUT2D eigenvalue weighted by atomic mass is 32.2. The Balaban J connectivity index is 1.56. The van der Waals surface area contributed by atoms with Gasteiger partial charge < -0.3 is 10.1 Å². The number of aryl methyl sites for hydroxylation is 2. The second-order valence-electron chi connectivity index (χ2n) is 7.89. The van der Waals surface area contributed by atoms with Crippen molar-refractivity contribution in [3.05, 3.63) is 52.8 Å². The first-order valence-electron chi connectivity index (χ1n) is 10.4. The number of hydrogen-bond acceptors (Lipinski definition) is 6. The van der Waals surface area contributed by atoms with Crippen molar-refractivity contribution in [1.82, 2.24) is 15.3 Å². The van der Waals surface area contributed by atoms with E-state index in [1.807, 2.05) is 32.0 Å². The maximum Gasteiger partial charge on any atom is 0.338 e. The number of aromatic nitrogens is 2. The van der Waals surface area contributed by atoms with Crippen molar-refractivity contribution >= 4 is 23.6 Å². The molecule has 0 unspecified atom stereocenters. The molecule has 160 valence electrons. The summed E-state index contributed by atoms with van der Waals surface area (Å²) in [7, 11) is 0. The smallest absolute Gasteiger partial charge is 0.338 e. The van der Waals surface area contributed by atoms with Crippen molar-refractivity contribution in [1.29, 1.82) is 0 Å². The molecule has 2 atom stereocenters. The van der Waals surface area contributed by atoms with Crippen LogP contribution in [0.5, 0.6) is 0 Å². The molecule has 0 spiro atoms. The van der Waals surface area contributed by atoms with Gasteiger partial charge in [0, 0.05) is 23.2 Å². The van der Waals surface area contributed by atoms with Gasteiger partial charge in [-0.2, -0.15) is 0 Å². The summed E-state index contributed by atoms with van der Waals surface area (Å²) < 4.78 is 5.31. The number of esters is 1. The lowest BCUT2D eigenvalue weighted by molar-refractivity contribution is -0.125. The zero-order chi connectivity index (χ0) is 21.5. The number of hydrogen-bond donors (Lipinski definition) is 1. The first-order valence-corrected chi connectivity index (χ1v) is 11.4. The van der Waals surface area contributed by atoms with Crippen LogP contribution < -0.4 is 5.32 Å². The van der Waals surface area contributed by atoms with Crippen LogP contribution in [0.4, 0.5) is 0 Å². The van der Waals surface area contributed by atoms with Gasteiger partial charge in [-0.25, -0.2) is 14.8 Å². The minimum Gasteiger partial charge on any atom is -0.452 e. The molecule has 1 N–H and O–H groups in total.